The zero-order valence-electron chi connectivity index (χ0n) is 21.2. The Labute approximate surface area is 220 Å². The van der Waals surface area contributed by atoms with Gasteiger partial charge in [-0.25, -0.2) is 4.79 Å². The molecule has 0 spiro atoms. The minimum atomic E-state index is -1.37. The van der Waals surface area contributed by atoms with E-state index in [0.29, 0.717) is 37.1 Å². The molecule has 1 aromatic rings. The minimum absolute atomic E-state index is 0.0207. The van der Waals surface area contributed by atoms with Crippen LogP contribution in [-0.2, 0) is 25.6 Å². The van der Waals surface area contributed by atoms with E-state index in [2.05, 4.69) is 16.0 Å². The lowest BCUT2D eigenvalue weighted by atomic mass is 10.0. The molecule has 0 saturated heterocycles. The van der Waals surface area contributed by atoms with Crippen molar-refractivity contribution in [1.29, 1.82) is 0 Å². The summed E-state index contributed by atoms with van der Waals surface area (Å²) in [5, 5.41) is 36.6. The average Bonchev–Trinajstić information content (AvgIpc) is 2.85. The molecule has 1 rings (SSSR count). The van der Waals surface area contributed by atoms with Crippen LogP contribution in [0.2, 0.25) is 0 Å². The number of carboxylic acids is 1. The number of aliphatic hydroxyl groups is 1. The van der Waals surface area contributed by atoms with Gasteiger partial charge in [-0.2, -0.15) is 11.8 Å². The Morgan fingerprint density at radius 3 is 2.11 bits per heavy atom. The van der Waals surface area contributed by atoms with Crippen LogP contribution in [0, 0.1) is 0 Å². The van der Waals surface area contributed by atoms with Gasteiger partial charge in [0, 0.05) is 6.42 Å². The first kappa shape index (κ1) is 32.2. The molecule has 3 amide bonds. The number of aliphatic hydroxyl groups excluding tert-OH is 1. The maximum Gasteiger partial charge on any atom is 0.326 e. The summed E-state index contributed by atoms with van der Waals surface area (Å²) < 4.78 is 0. The smallest absolute Gasteiger partial charge is 0.326 e. The van der Waals surface area contributed by atoms with Crippen LogP contribution in [-0.4, -0.2) is 87.8 Å². The number of rotatable bonds is 17. The van der Waals surface area contributed by atoms with Gasteiger partial charge >= 0.3 is 5.97 Å². The number of nitrogens with one attached hydrogen (secondary N) is 3. The normalized spacial score (nSPS) is 15.1. The summed E-state index contributed by atoms with van der Waals surface area (Å²) >= 11 is 1.51. The van der Waals surface area contributed by atoms with Crippen LogP contribution in [0.15, 0.2) is 24.3 Å². The third-order valence-corrected chi connectivity index (χ3v) is 6.25. The molecule has 0 radical (unpaired) electrons. The van der Waals surface area contributed by atoms with Gasteiger partial charge in [0.1, 0.15) is 23.9 Å². The van der Waals surface area contributed by atoms with Crippen LogP contribution in [0.1, 0.15) is 38.2 Å². The Morgan fingerprint density at radius 2 is 1.57 bits per heavy atom. The molecule has 0 aliphatic carbocycles. The number of nitrogens with two attached hydrogens (primary N) is 2. The van der Waals surface area contributed by atoms with Crippen molar-refractivity contribution in [2.45, 2.75) is 69.3 Å². The van der Waals surface area contributed by atoms with Crippen LogP contribution in [0.3, 0.4) is 0 Å². The number of hydrogen-bond acceptors (Lipinski definition) is 9. The first-order valence-corrected chi connectivity index (χ1v) is 13.4. The lowest BCUT2D eigenvalue weighted by Gasteiger charge is -2.26. The summed E-state index contributed by atoms with van der Waals surface area (Å²) in [6, 6.07) is 1.21. The number of carbonyl (C=O) groups excluding carboxylic acids is 3. The van der Waals surface area contributed by atoms with Crippen LogP contribution in [0.5, 0.6) is 5.75 Å². The summed E-state index contributed by atoms with van der Waals surface area (Å²) in [6.07, 6.45) is 2.10. The highest BCUT2D eigenvalue weighted by Gasteiger charge is 2.32. The standard InChI is InChI=1S/C24H39N5O7S/c1-14(30)20(29-21(32)17(26)10-12-37-2)23(34)27-18(5-3-4-11-25)22(33)28-19(24(35)36)13-15-6-8-16(31)9-7-15/h6-9,14,17-20,30-31H,3-5,10-13,25-26H2,1-2H3,(H,27,34)(H,28,33)(H,29,32)(H,35,36). The molecule has 0 aromatic heterocycles. The second-order valence-electron chi connectivity index (χ2n) is 8.73. The molecule has 0 aliphatic heterocycles. The first-order chi connectivity index (χ1) is 17.5. The molecule has 208 valence electrons. The van der Waals surface area contributed by atoms with Crippen molar-refractivity contribution < 1.29 is 34.5 Å². The Bertz CT molecular complexity index is 885. The Kier molecular flexibility index (Phi) is 14.6. The van der Waals surface area contributed by atoms with E-state index in [4.69, 9.17) is 11.5 Å². The van der Waals surface area contributed by atoms with E-state index in [0.717, 1.165) is 0 Å². The second-order valence-corrected chi connectivity index (χ2v) is 9.72. The summed E-state index contributed by atoms with van der Waals surface area (Å²) in [7, 11) is 0. The SMILES string of the molecule is CSCCC(N)C(=O)NC(C(=O)NC(CCCCN)C(=O)NC(Cc1ccc(O)cc1)C(=O)O)C(C)O. The maximum atomic E-state index is 13.0. The number of aromatic hydroxyl groups is 1. The fourth-order valence-corrected chi connectivity index (χ4v) is 3.89. The highest BCUT2D eigenvalue weighted by Crippen LogP contribution is 2.12. The second kappa shape index (κ2) is 16.8. The van der Waals surface area contributed by atoms with E-state index in [9.17, 15) is 34.5 Å². The van der Waals surface area contributed by atoms with E-state index < -0.39 is 54.0 Å². The van der Waals surface area contributed by atoms with Crippen molar-refractivity contribution in [3.8, 4) is 5.75 Å². The fourth-order valence-electron chi connectivity index (χ4n) is 3.40. The lowest BCUT2D eigenvalue weighted by molar-refractivity contribution is -0.142. The van der Waals surface area contributed by atoms with Crippen molar-refractivity contribution in [1.82, 2.24) is 16.0 Å². The Morgan fingerprint density at radius 1 is 0.946 bits per heavy atom. The number of carbonyl (C=O) groups is 4. The molecule has 0 heterocycles. The summed E-state index contributed by atoms with van der Waals surface area (Å²) in [5.41, 5.74) is 12.0. The lowest BCUT2D eigenvalue weighted by Crippen LogP contribution is -2.59. The number of hydrogen-bond donors (Lipinski definition) is 8. The number of phenols is 1. The van der Waals surface area contributed by atoms with Crippen molar-refractivity contribution in [3.05, 3.63) is 29.8 Å². The highest BCUT2D eigenvalue weighted by atomic mass is 32.2. The van der Waals surface area contributed by atoms with Crippen LogP contribution in [0.4, 0.5) is 0 Å². The monoisotopic (exact) mass is 541 g/mol. The van der Waals surface area contributed by atoms with Gasteiger partial charge in [-0.05, 0) is 68.9 Å². The van der Waals surface area contributed by atoms with Crippen molar-refractivity contribution in [2.24, 2.45) is 11.5 Å². The molecule has 0 bridgehead atoms. The van der Waals surface area contributed by atoms with E-state index >= 15 is 0 Å². The number of benzene rings is 1. The molecule has 10 N–H and O–H groups in total. The quantitative estimate of drug-likeness (QED) is 0.113. The van der Waals surface area contributed by atoms with Crippen LogP contribution < -0.4 is 27.4 Å². The Hall–Kier alpha value is -2.87. The summed E-state index contributed by atoms with van der Waals surface area (Å²) in [6.45, 7) is 1.68. The molecule has 37 heavy (non-hydrogen) atoms. The van der Waals surface area contributed by atoms with Gasteiger partial charge in [0.05, 0.1) is 12.1 Å². The van der Waals surface area contributed by atoms with Crippen molar-refractivity contribution >= 4 is 35.5 Å². The zero-order valence-corrected chi connectivity index (χ0v) is 22.0. The highest BCUT2D eigenvalue weighted by molar-refractivity contribution is 7.98. The number of amides is 3. The zero-order chi connectivity index (χ0) is 28.0. The van der Waals surface area contributed by atoms with Crippen LogP contribution in [0.25, 0.3) is 0 Å². The van der Waals surface area contributed by atoms with Gasteiger partial charge < -0.3 is 42.7 Å². The molecule has 0 aliphatic rings. The molecular weight excluding hydrogens is 502 g/mol. The van der Waals surface area contributed by atoms with E-state index in [1.54, 1.807) is 0 Å². The molecule has 13 heteroatoms. The van der Waals surface area contributed by atoms with Crippen molar-refractivity contribution in [3.63, 3.8) is 0 Å². The van der Waals surface area contributed by atoms with Crippen LogP contribution >= 0.6 is 11.8 Å². The topological polar surface area (TPSA) is 217 Å². The molecule has 0 fully saturated rings. The van der Waals surface area contributed by atoms with Gasteiger partial charge in [-0.15, -0.1) is 0 Å². The predicted octanol–water partition coefficient (Wildman–Crippen LogP) is -0.936. The number of aliphatic carboxylic acids is 1. The van der Waals surface area contributed by atoms with Gasteiger partial charge in [-0.1, -0.05) is 12.1 Å². The van der Waals surface area contributed by atoms with E-state index in [-0.39, 0.29) is 18.6 Å². The third-order valence-electron chi connectivity index (χ3n) is 5.60. The maximum absolute atomic E-state index is 13.0. The number of unbranched alkanes of at least 4 members (excludes halogenated alkanes) is 1. The minimum Gasteiger partial charge on any atom is -0.508 e. The Balaban J connectivity index is 2.97. The molecule has 5 unspecified atom stereocenters. The van der Waals surface area contributed by atoms with E-state index in [1.165, 1.54) is 43.0 Å². The molecule has 12 nitrogen and oxygen atoms in total. The first-order valence-electron chi connectivity index (χ1n) is 12.0. The summed E-state index contributed by atoms with van der Waals surface area (Å²) in [5.74, 6) is -2.77. The number of carboxylic acid groups (broad SMARTS) is 1. The summed E-state index contributed by atoms with van der Waals surface area (Å²) in [4.78, 5) is 50.2. The fraction of sp³-hybridized carbons (Fsp3) is 0.583. The molecule has 1 aromatic carbocycles. The predicted molar refractivity (Wildman–Crippen MR) is 141 cm³/mol. The molecular formula is C24H39N5O7S. The number of thioether (sulfide) groups is 1. The van der Waals surface area contributed by atoms with Crippen molar-refractivity contribution in [2.75, 3.05) is 18.6 Å². The molecule has 5 atom stereocenters. The average molecular weight is 542 g/mol. The number of phenolic OH excluding ortho intramolecular Hbond substituents is 1. The third kappa shape index (κ3) is 11.8. The van der Waals surface area contributed by atoms with Gasteiger partial charge in [0.25, 0.3) is 0 Å². The van der Waals surface area contributed by atoms with Gasteiger partial charge in [-0.3, -0.25) is 14.4 Å². The molecule has 0 saturated carbocycles. The van der Waals surface area contributed by atoms with Gasteiger partial charge in [0.2, 0.25) is 17.7 Å². The largest absolute Gasteiger partial charge is 0.508 e. The van der Waals surface area contributed by atoms with E-state index in [1.807, 2.05) is 6.26 Å². The van der Waals surface area contributed by atoms with Gasteiger partial charge in [0.15, 0.2) is 0 Å².